The summed E-state index contributed by atoms with van der Waals surface area (Å²) < 4.78 is 10.8. The molecule has 3 N–H and O–H groups in total. The van der Waals surface area contributed by atoms with E-state index in [1.165, 1.54) is 12.8 Å². The van der Waals surface area contributed by atoms with Gasteiger partial charge in [0.25, 0.3) is 5.91 Å². The molecule has 2 heterocycles. The second kappa shape index (κ2) is 11.3. The molecule has 1 aromatic carbocycles. The van der Waals surface area contributed by atoms with E-state index in [0.29, 0.717) is 36.9 Å². The lowest BCUT2D eigenvalue weighted by atomic mass is 10.2. The van der Waals surface area contributed by atoms with Crippen molar-refractivity contribution >= 4 is 11.9 Å². The summed E-state index contributed by atoms with van der Waals surface area (Å²) >= 11 is 0. The number of carbonyl (C=O) groups is 1. The summed E-state index contributed by atoms with van der Waals surface area (Å²) in [7, 11) is 3.32. The minimum atomic E-state index is -0.134. The molecular weight excluding hydrogens is 382 g/mol. The van der Waals surface area contributed by atoms with Crippen LogP contribution in [0.3, 0.4) is 0 Å². The highest BCUT2D eigenvalue weighted by molar-refractivity contribution is 5.94. The van der Waals surface area contributed by atoms with Crippen molar-refractivity contribution in [3.05, 3.63) is 54.0 Å². The number of nitrogens with zero attached hydrogens (tertiary/aromatic N) is 2. The number of likely N-dealkylation sites (tertiary alicyclic amines) is 1. The largest absolute Gasteiger partial charge is 0.497 e. The van der Waals surface area contributed by atoms with Crippen LogP contribution in [0.5, 0.6) is 5.75 Å². The number of guanidine groups is 1. The first-order valence-corrected chi connectivity index (χ1v) is 10.4. The first kappa shape index (κ1) is 21.7. The lowest BCUT2D eigenvalue weighted by Gasteiger charge is -2.26. The maximum Gasteiger partial charge on any atom is 0.251 e. The molecule has 2 aromatic rings. The number of hydrogen-bond donors (Lipinski definition) is 3. The quantitative estimate of drug-likeness (QED) is 0.331. The molecule has 0 bridgehead atoms. The highest BCUT2D eigenvalue weighted by Crippen LogP contribution is 2.24. The second-order valence-electron chi connectivity index (χ2n) is 7.14. The van der Waals surface area contributed by atoms with Gasteiger partial charge in [-0.15, -0.1) is 0 Å². The van der Waals surface area contributed by atoms with E-state index in [-0.39, 0.29) is 11.9 Å². The Morgan fingerprint density at radius 2 is 1.97 bits per heavy atom. The molecule has 1 aliphatic heterocycles. The van der Waals surface area contributed by atoms with Crippen LogP contribution in [0, 0.1) is 0 Å². The lowest BCUT2D eigenvalue weighted by Crippen LogP contribution is -2.44. The van der Waals surface area contributed by atoms with Gasteiger partial charge >= 0.3 is 0 Å². The van der Waals surface area contributed by atoms with Gasteiger partial charge in [-0.05, 0) is 56.3 Å². The molecule has 0 aliphatic carbocycles. The maximum absolute atomic E-state index is 12.3. The summed E-state index contributed by atoms with van der Waals surface area (Å²) in [4.78, 5) is 19.0. The van der Waals surface area contributed by atoms with Crippen molar-refractivity contribution in [1.29, 1.82) is 0 Å². The minimum absolute atomic E-state index is 0.134. The fraction of sp³-hybridized carbons (Fsp3) is 0.455. The van der Waals surface area contributed by atoms with Crippen LogP contribution in [0.1, 0.15) is 35.0 Å². The zero-order chi connectivity index (χ0) is 21.2. The number of amides is 1. The molecular formula is C22H31N5O3. The van der Waals surface area contributed by atoms with E-state index in [4.69, 9.17) is 9.15 Å². The summed E-state index contributed by atoms with van der Waals surface area (Å²) in [5.41, 5.74) is 0.573. The van der Waals surface area contributed by atoms with Crippen molar-refractivity contribution in [1.82, 2.24) is 20.9 Å². The fourth-order valence-corrected chi connectivity index (χ4v) is 3.58. The smallest absolute Gasteiger partial charge is 0.251 e. The summed E-state index contributed by atoms with van der Waals surface area (Å²) in [5.74, 6) is 2.19. The number of carbonyl (C=O) groups excluding carboxylic acids is 1. The number of rotatable bonds is 9. The van der Waals surface area contributed by atoms with E-state index in [1.807, 2.05) is 18.2 Å². The number of nitrogens with one attached hydrogen (secondary N) is 3. The molecule has 0 radical (unpaired) electrons. The maximum atomic E-state index is 12.3. The van der Waals surface area contributed by atoms with Crippen molar-refractivity contribution in [2.75, 3.05) is 46.9 Å². The zero-order valence-electron chi connectivity index (χ0n) is 17.7. The highest BCUT2D eigenvalue weighted by atomic mass is 16.5. The Bertz CT molecular complexity index is 816. The molecule has 0 spiro atoms. The van der Waals surface area contributed by atoms with Gasteiger partial charge in [-0.1, -0.05) is 6.07 Å². The third-order valence-electron chi connectivity index (χ3n) is 5.17. The molecule has 162 valence electrons. The fourth-order valence-electron chi connectivity index (χ4n) is 3.58. The van der Waals surface area contributed by atoms with Crippen LogP contribution in [-0.2, 0) is 0 Å². The van der Waals surface area contributed by atoms with Crippen LogP contribution in [0.25, 0.3) is 0 Å². The molecule has 30 heavy (non-hydrogen) atoms. The van der Waals surface area contributed by atoms with E-state index in [9.17, 15) is 4.79 Å². The minimum Gasteiger partial charge on any atom is -0.497 e. The number of methoxy groups -OCH3 is 1. The van der Waals surface area contributed by atoms with E-state index >= 15 is 0 Å². The van der Waals surface area contributed by atoms with Crippen LogP contribution in [0.15, 0.2) is 52.1 Å². The monoisotopic (exact) mass is 413 g/mol. The second-order valence-corrected chi connectivity index (χ2v) is 7.14. The third-order valence-corrected chi connectivity index (χ3v) is 5.17. The molecule has 1 unspecified atom stereocenters. The summed E-state index contributed by atoms with van der Waals surface area (Å²) in [5, 5.41) is 9.52. The van der Waals surface area contributed by atoms with Crippen molar-refractivity contribution in [3.8, 4) is 5.75 Å². The van der Waals surface area contributed by atoms with E-state index < -0.39 is 0 Å². The van der Waals surface area contributed by atoms with E-state index in [0.717, 1.165) is 18.8 Å². The van der Waals surface area contributed by atoms with Crippen molar-refractivity contribution < 1.29 is 13.9 Å². The topological polar surface area (TPSA) is 91.1 Å². The predicted molar refractivity (Wildman–Crippen MR) is 117 cm³/mol. The number of furan rings is 1. The Morgan fingerprint density at radius 1 is 1.17 bits per heavy atom. The zero-order valence-corrected chi connectivity index (χ0v) is 17.7. The van der Waals surface area contributed by atoms with Crippen LogP contribution < -0.4 is 20.7 Å². The summed E-state index contributed by atoms with van der Waals surface area (Å²) in [6.07, 6.45) is 4.16. The van der Waals surface area contributed by atoms with Gasteiger partial charge in [0.1, 0.15) is 11.5 Å². The lowest BCUT2D eigenvalue weighted by molar-refractivity contribution is 0.0954. The Morgan fingerprint density at radius 3 is 2.67 bits per heavy atom. The molecule has 3 rings (SSSR count). The number of ether oxygens (including phenoxy) is 1. The van der Waals surface area contributed by atoms with Crippen LogP contribution in [-0.4, -0.2) is 63.6 Å². The molecule has 1 atom stereocenters. The molecule has 8 nitrogen and oxygen atoms in total. The van der Waals surface area contributed by atoms with E-state index in [2.05, 4.69) is 25.8 Å². The molecule has 1 aromatic heterocycles. The first-order chi connectivity index (χ1) is 14.7. The van der Waals surface area contributed by atoms with Crippen LogP contribution >= 0.6 is 0 Å². The van der Waals surface area contributed by atoms with Gasteiger partial charge in [-0.3, -0.25) is 14.7 Å². The summed E-state index contributed by atoms with van der Waals surface area (Å²) in [6.45, 7) is 3.89. The van der Waals surface area contributed by atoms with Gasteiger partial charge in [0, 0.05) is 32.2 Å². The Kier molecular flexibility index (Phi) is 8.14. The predicted octanol–water partition coefficient (Wildman–Crippen LogP) is 2.02. The van der Waals surface area contributed by atoms with Crippen LogP contribution in [0.2, 0.25) is 0 Å². The van der Waals surface area contributed by atoms with Gasteiger partial charge in [-0.25, -0.2) is 0 Å². The normalized spacial score (nSPS) is 15.6. The van der Waals surface area contributed by atoms with Crippen molar-refractivity contribution in [2.45, 2.75) is 18.9 Å². The highest BCUT2D eigenvalue weighted by Gasteiger charge is 2.25. The van der Waals surface area contributed by atoms with Crippen molar-refractivity contribution in [2.24, 2.45) is 4.99 Å². The Labute approximate surface area is 177 Å². The molecule has 1 aliphatic rings. The van der Waals surface area contributed by atoms with Crippen molar-refractivity contribution in [3.63, 3.8) is 0 Å². The number of aliphatic imine (C=N–C) groups is 1. The molecule has 1 amide bonds. The average Bonchev–Trinajstić information content (AvgIpc) is 3.50. The van der Waals surface area contributed by atoms with Gasteiger partial charge < -0.3 is 25.1 Å². The van der Waals surface area contributed by atoms with Crippen LogP contribution in [0.4, 0.5) is 0 Å². The first-order valence-electron chi connectivity index (χ1n) is 10.4. The molecule has 1 saturated heterocycles. The molecule has 1 fully saturated rings. The Balaban J connectivity index is 1.43. The number of hydrogen-bond acceptors (Lipinski definition) is 5. The molecule has 8 heteroatoms. The Hall–Kier alpha value is -3.00. The molecule has 0 saturated carbocycles. The summed E-state index contributed by atoms with van der Waals surface area (Å²) in [6, 6.07) is 11.2. The standard InChI is InChI=1S/C22H31N5O3/c1-23-22(25-11-10-24-21(28)17-7-5-8-18(15-17)29-2)26-16-19(20-9-6-14-30-20)27-12-3-4-13-27/h5-9,14-15,19H,3-4,10-13,16H2,1-2H3,(H,24,28)(H2,23,25,26). The van der Waals surface area contributed by atoms with Gasteiger partial charge in [0.15, 0.2) is 5.96 Å². The van der Waals surface area contributed by atoms with Gasteiger partial charge in [0.2, 0.25) is 0 Å². The van der Waals surface area contributed by atoms with E-state index in [1.54, 1.807) is 38.6 Å². The number of benzene rings is 1. The third kappa shape index (κ3) is 6.00. The SMILES string of the molecule is CN=C(NCCNC(=O)c1cccc(OC)c1)NCC(c1ccco1)N1CCCC1. The van der Waals surface area contributed by atoms with Gasteiger partial charge in [-0.2, -0.15) is 0 Å². The average molecular weight is 414 g/mol. The van der Waals surface area contributed by atoms with Gasteiger partial charge in [0.05, 0.1) is 19.4 Å².